The third kappa shape index (κ3) is 7.05. The zero-order chi connectivity index (χ0) is 12.6. The first-order valence-electron chi connectivity index (χ1n) is 5.23. The maximum atomic E-state index is 11.3. The van der Waals surface area contributed by atoms with Crippen molar-refractivity contribution in [1.82, 2.24) is 10.6 Å². The van der Waals surface area contributed by atoms with Gasteiger partial charge in [0.05, 0.1) is 5.92 Å². The molecule has 0 spiro atoms. The van der Waals surface area contributed by atoms with Crippen LogP contribution in [0, 0.1) is 5.92 Å². The minimum Gasteiger partial charge on any atom is -0.481 e. The van der Waals surface area contributed by atoms with Crippen LogP contribution in [0.2, 0.25) is 0 Å². The summed E-state index contributed by atoms with van der Waals surface area (Å²) in [5.41, 5.74) is 0. The molecule has 2 atom stereocenters. The van der Waals surface area contributed by atoms with E-state index in [1.54, 1.807) is 7.11 Å². The number of amides is 2. The van der Waals surface area contributed by atoms with E-state index in [1.165, 1.54) is 6.92 Å². The first-order chi connectivity index (χ1) is 7.47. The Morgan fingerprint density at radius 2 is 2.00 bits per heavy atom. The first kappa shape index (κ1) is 14.7. The average Bonchev–Trinajstić information content (AvgIpc) is 2.22. The van der Waals surface area contributed by atoms with Crippen LogP contribution in [0.15, 0.2) is 0 Å². The fraction of sp³-hybridized carbons (Fsp3) is 0.800. The Morgan fingerprint density at radius 3 is 2.50 bits per heavy atom. The van der Waals surface area contributed by atoms with Crippen molar-refractivity contribution in [2.24, 2.45) is 5.92 Å². The van der Waals surface area contributed by atoms with Crippen LogP contribution in [0.1, 0.15) is 20.3 Å². The van der Waals surface area contributed by atoms with Crippen molar-refractivity contribution in [1.29, 1.82) is 0 Å². The smallest absolute Gasteiger partial charge is 0.315 e. The third-order valence-corrected chi connectivity index (χ3v) is 2.12. The quantitative estimate of drug-likeness (QED) is 0.594. The Bertz CT molecular complexity index is 233. The standard InChI is InChI=1S/C10H20N2O4/c1-7(9(13)14)6-11-10(15)12-8(2)4-5-16-3/h7-8H,4-6H2,1-3H3,(H,13,14)(H2,11,12,15). The zero-order valence-electron chi connectivity index (χ0n) is 9.95. The molecule has 0 saturated carbocycles. The minimum atomic E-state index is -0.923. The maximum absolute atomic E-state index is 11.3. The number of carboxylic acids is 1. The second kappa shape index (κ2) is 7.92. The van der Waals surface area contributed by atoms with Crippen molar-refractivity contribution in [2.45, 2.75) is 26.3 Å². The Kier molecular flexibility index (Phi) is 7.28. The van der Waals surface area contributed by atoms with E-state index in [4.69, 9.17) is 9.84 Å². The number of urea groups is 1. The molecule has 2 unspecified atom stereocenters. The molecule has 0 aromatic carbocycles. The molecule has 94 valence electrons. The normalized spacial score (nSPS) is 13.9. The Hall–Kier alpha value is -1.30. The summed E-state index contributed by atoms with van der Waals surface area (Å²) >= 11 is 0. The number of ether oxygens (including phenoxy) is 1. The van der Waals surface area contributed by atoms with Gasteiger partial charge in [0.15, 0.2) is 0 Å². The molecule has 0 heterocycles. The summed E-state index contributed by atoms with van der Waals surface area (Å²) in [6.07, 6.45) is 0.721. The minimum absolute atomic E-state index is 0.0000779. The number of carboxylic acid groups (broad SMARTS) is 1. The number of nitrogens with one attached hydrogen (secondary N) is 2. The summed E-state index contributed by atoms with van der Waals surface area (Å²) in [6, 6.07) is -0.350. The maximum Gasteiger partial charge on any atom is 0.315 e. The van der Waals surface area contributed by atoms with Gasteiger partial charge in [0.1, 0.15) is 0 Å². The summed E-state index contributed by atoms with van der Waals surface area (Å²) in [4.78, 5) is 21.8. The lowest BCUT2D eigenvalue weighted by Gasteiger charge is -2.15. The van der Waals surface area contributed by atoms with Gasteiger partial charge in [-0.2, -0.15) is 0 Å². The summed E-state index contributed by atoms with van der Waals surface area (Å²) in [7, 11) is 1.60. The third-order valence-electron chi connectivity index (χ3n) is 2.12. The molecule has 0 aliphatic carbocycles. The summed E-state index contributed by atoms with van der Waals surface area (Å²) in [6.45, 7) is 4.10. The van der Waals surface area contributed by atoms with E-state index in [9.17, 15) is 9.59 Å². The largest absolute Gasteiger partial charge is 0.481 e. The van der Waals surface area contributed by atoms with Crippen LogP contribution in [0.4, 0.5) is 4.79 Å². The van der Waals surface area contributed by atoms with Gasteiger partial charge in [0.2, 0.25) is 0 Å². The highest BCUT2D eigenvalue weighted by Gasteiger charge is 2.12. The number of carbonyl (C=O) groups excluding carboxylic acids is 1. The van der Waals surface area contributed by atoms with Crippen molar-refractivity contribution >= 4 is 12.0 Å². The van der Waals surface area contributed by atoms with Crippen LogP contribution in [-0.4, -0.2) is 43.4 Å². The van der Waals surface area contributed by atoms with Gasteiger partial charge < -0.3 is 20.5 Å². The Balaban J connectivity index is 3.69. The van der Waals surface area contributed by atoms with Gasteiger partial charge in [-0.05, 0) is 13.3 Å². The van der Waals surface area contributed by atoms with Gasteiger partial charge >= 0.3 is 12.0 Å². The van der Waals surface area contributed by atoms with Gasteiger partial charge in [0.25, 0.3) is 0 Å². The monoisotopic (exact) mass is 232 g/mol. The lowest BCUT2D eigenvalue weighted by Crippen LogP contribution is -2.43. The molecule has 0 radical (unpaired) electrons. The molecule has 0 aliphatic heterocycles. The second-order valence-electron chi connectivity index (χ2n) is 3.78. The summed E-state index contributed by atoms with van der Waals surface area (Å²) in [5, 5.41) is 13.8. The highest BCUT2D eigenvalue weighted by Crippen LogP contribution is 1.93. The van der Waals surface area contributed by atoms with Gasteiger partial charge in [-0.3, -0.25) is 4.79 Å². The Morgan fingerprint density at radius 1 is 1.38 bits per heavy atom. The number of carbonyl (C=O) groups is 2. The van der Waals surface area contributed by atoms with Crippen LogP contribution in [0.5, 0.6) is 0 Å². The molecule has 6 nitrogen and oxygen atoms in total. The van der Waals surface area contributed by atoms with E-state index in [1.807, 2.05) is 6.92 Å². The number of hydrogen-bond donors (Lipinski definition) is 3. The van der Waals surface area contributed by atoms with E-state index in [-0.39, 0.29) is 18.6 Å². The molecular formula is C10H20N2O4. The molecule has 0 rings (SSSR count). The van der Waals surface area contributed by atoms with Crippen LogP contribution in [0.3, 0.4) is 0 Å². The lowest BCUT2D eigenvalue weighted by molar-refractivity contribution is -0.140. The molecule has 6 heteroatoms. The van der Waals surface area contributed by atoms with Crippen molar-refractivity contribution in [2.75, 3.05) is 20.3 Å². The van der Waals surface area contributed by atoms with E-state index in [0.29, 0.717) is 6.61 Å². The number of hydrogen-bond acceptors (Lipinski definition) is 3. The van der Waals surface area contributed by atoms with E-state index in [2.05, 4.69) is 10.6 Å². The van der Waals surface area contributed by atoms with E-state index >= 15 is 0 Å². The highest BCUT2D eigenvalue weighted by atomic mass is 16.5. The first-order valence-corrected chi connectivity index (χ1v) is 5.23. The molecule has 0 bridgehead atoms. The van der Waals surface area contributed by atoms with Gasteiger partial charge in [-0.1, -0.05) is 6.92 Å². The Labute approximate surface area is 95.4 Å². The highest BCUT2D eigenvalue weighted by molar-refractivity contribution is 5.75. The topological polar surface area (TPSA) is 87.7 Å². The van der Waals surface area contributed by atoms with E-state index < -0.39 is 11.9 Å². The molecular weight excluding hydrogens is 212 g/mol. The molecule has 0 fully saturated rings. The predicted octanol–water partition coefficient (Wildman–Crippen LogP) is 0.431. The number of methoxy groups -OCH3 is 1. The van der Waals surface area contributed by atoms with Crippen LogP contribution < -0.4 is 10.6 Å². The molecule has 0 aromatic heterocycles. The van der Waals surface area contributed by atoms with Crippen LogP contribution in [0.25, 0.3) is 0 Å². The molecule has 16 heavy (non-hydrogen) atoms. The predicted molar refractivity (Wildman–Crippen MR) is 59.3 cm³/mol. The molecule has 3 N–H and O–H groups in total. The molecule has 2 amide bonds. The van der Waals surface area contributed by atoms with Crippen molar-refractivity contribution in [3.05, 3.63) is 0 Å². The summed E-state index contributed by atoms with van der Waals surface area (Å²) < 4.78 is 4.87. The summed E-state index contributed by atoms with van der Waals surface area (Å²) in [5.74, 6) is -1.51. The SMILES string of the molecule is COCCC(C)NC(=O)NCC(C)C(=O)O. The number of rotatable bonds is 7. The van der Waals surface area contributed by atoms with Crippen molar-refractivity contribution in [3.8, 4) is 0 Å². The van der Waals surface area contributed by atoms with Crippen LogP contribution in [-0.2, 0) is 9.53 Å². The van der Waals surface area contributed by atoms with Gasteiger partial charge in [-0.25, -0.2) is 4.79 Å². The molecule has 0 saturated heterocycles. The van der Waals surface area contributed by atoms with Crippen molar-refractivity contribution in [3.63, 3.8) is 0 Å². The van der Waals surface area contributed by atoms with Crippen molar-refractivity contribution < 1.29 is 19.4 Å². The zero-order valence-corrected chi connectivity index (χ0v) is 9.95. The molecule has 0 aromatic rings. The second-order valence-corrected chi connectivity index (χ2v) is 3.78. The van der Waals surface area contributed by atoms with Gasteiger partial charge in [0, 0.05) is 26.3 Å². The lowest BCUT2D eigenvalue weighted by atomic mass is 10.2. The van der Waals surface area contributed by atoms with Crippen LogP contribution >= 0.6 is 0 Å². The molecule has 0 aliphatic rings. The van der Waals surface area contributed by atoms with Gasteiger partial charge in [-0.15, -0.1) is 0 Å². The fourth-order valence-corrected chi connectivity index (χ4v) is 0.975. The van der Waals surface area contributed by atoms with E-state index in [0.717, 1.165) is 6.42 Å². The number of aliphatic carboxylic acids is 1. The average molecular weight is 232 g/mol. The fourth-order valence-electron chi connectivity index (χ4n) is 0.975.